The lowest BCUT2D eigenvalue weighted by Crippen LogP contribution is -2.50. The van der Waals surface area contributed by atoms with E-state index in [9.17, 15) is 9.59 Å². The summed E-state index contributed by atoms with van der Waals surface area (Å²) < 4.78 is 0. The Hall–Kier alpha value is -1.06. The summed E-state index contributed by atoms with van der Waals surface area (Å²) >= 11 is 0. The Balaban J connectivity index is 2.74. The number of carbonyl (C=O) groups excluding carboxylic acids is 1. The molecule has 1 fully saturated rings. The number of carboxylic acids is 1. The van der Waals surface area contributed by atoms with Gasteiger partial charge in [0.05, 0.1) is 0 Å². The van der Waals surface area contributed by atoms with E-state index in [0.29, 0.717) is 0 Å². The summed E-state index contributed by atoms with van der Waals surface area (Å²) in [5.41, 5.74) is -0.424. The fourth-order valence-corrected chi connectivity index (χ4v) is 2.35. The Kier molecular flexibility index (Phi) is 4.54. The molecule has 0 atom stereocenters. The lowest BCUT2D eigenvalue weighted by atomic mass is 9.87. The fraction of sp³-hybridized carbons (Fsp3) is 0.846. The number of carbonyl (C=O) groups is 2. The van der Waals surface area contributed by atoms with Crippen molar-refractivity contribution >= 4 is 11.9 Å². The van der Waals surface area contributed by atoms with E-state index in [1.165, 1.54) is 11.3 Å². The molecule has 0 heterocycles. The van der Waals surface area contributed by atoms with E-state index < -0.39 is 11.5 Å². The molecular weight excluding hydrogens is 218 g/mol. The van der Waals surface area contributed by atoms with Gasteiger partial charge in [0, 0.05) is 11.5 Å². The Morgan fingerprint density at radius 1 is 1.18 bits per heavy atom. The standard InChI is InChI=1S/C13H23NO3/c1-13(2,3)14(9-11(15)16)12(17)10-7-5-4-6-8-10/h10H,4-9H2,1-3H3,(H,15,16). The second-order valence-corrected chi connectivity index (χ2v) is 5.82. The quantitative estimate of drug-likeness (QED) is 0.824. The van der Waals surface area contributed by atoms with E-state index in [0.717, 1.165) is 25.7 Å². The zero-order valence-electron chi connectivity index (χ0n) is 11.0. The summed E-state index contributed by atoms with van der Waals surface area (Å²) in [6.45, 7) is 5.46. The van der Waals surface area contributed by atoms with Crippen molar-refractivity contribution in [3.63, 3.8) is 0 Å². The zero-order chi connectivity index (χ0) is 13.1. The number of amides is 1. The van der Waals surface area contributed by atoms with E-state index in [2.05, 4.69) is 0 Å². The van der Waals surface area contributed by atoms with E-state index >= 15 is 0 Å². The van der Waals surface area contributed by atoms with Crippen LogP contribution in [0.1, 0.15) is 52.9 Å². The van der Waals surface area contributed by atoms with E-state index in [4.69, 9.17) is 5.11 Å². The summed E-state index contributed by atoms with van der Waals surface area (Å²) in [5, 5.41) is 8.90. The minimum Gasteiger partial charge on any atom is -0.480 e. The molecule has 0 aliphatic heterocycles. The molecule has 1 saturated carbocycles. The highest BCUT2D eigenvalue weighted by molar-refractivity contribution is 5.83. The fourth-order valence-electron chi connectivity index (χ4n) is 2.35. The van der Waals surface area contributed by atoms with Gasteiger partial charge in [-0.05, 0) is 33.6 Å². The molecule has 1 amide bonds. The Morgan fingerprint density at radius 2 is 1.71 bits per heavy atom. The first-order valence-electron chi connectivity index (χ1n) is 6.35. The van der Waals surface area contributed by atoms with Crippen LogP contribution in [0.4, 0.5) is 0 Å². The first-order chi connectivity index (χ1) is 7.82. The van der Waals surface area contributed by atoms with Crippen LogP contribution in [0.25, 0.3) is 0 Å². The zero-order valence-corrected chi connectivity index (χ0v) is 11.0. The van der Waals surface area contributed by atoms with Crippen LogP contribution in [0.5, 0.6) is 0 Å². The molecule has 1 N–H and O–H groups in total. The van der Waals surface area contributed by atoms with Crippen LogP contribution in [0.2, 0.25) is 0 Å². The average molecular weight is 241 g/mol. The molecule has 0 unspecified atom stereocenters. The van der Waals surface area contributed by atoms with Gasteiger partial charge in [-0.3, -0.25) is 9.59 Å². The topological polar surface area (TPSA) is 57.6 Å². The molecule has 17 heavy (non-hydrogen) atoms. The van der Waals surface area contributed by atoms with Crippen LogP contribution in [0, 0.1) is 5.92 Å². The van der Waals surface area contributed by atoms with E-state index in [1.54, 1.807) is 0 Å². The van der Waals surface area contributed by atoms with Crippen LogP contribution in [-0.2, 0) is 9.59 Å². The molecule has 0 radical (unpaired) electrons. The highest BCUT2D eigenvalue weighted by Crippen LogP contribution is 2.27. The molecule has 0 aromatic heterocycles. The second-order valence-electron chi connectivity index (χ2n) is 5.82. The molecule has 4 heteroatoms. The van der Waals surface area contributed by atoms with Crippen molar-refractivity contribution in [2.45, 2.75) is 58.4 Å². The highest BCUT2D eigenvalue weighted by Gasteiger charge is 2.33. The van der Waals surface area contributed by atoms with E-state index in [1.807, 2.05) is 20.8 Å². The predicted molar refractivity (Wildman–Crippen MR) is 65.7 cm³/mol. The number of aliphatic carboxylic acids is 1. The smallest absolute Gasteiger partial charge is 0.323 e. The molecular formula is C13H23NO3. The van der Waals surface area contributed by atoms with Crippen LogP contribution < -0.4 is 0 Å². The maximum Gasteiger partial charge on any atom is 0.323 e. The Morgan fingerprint density at radius 3 is 2.12 bits per heavy atom. The lowest BCUT2D eigenvalue weighted by Gasteiger charge is -2.37. The average Bonchev–Trinajstić information content (AvgIpc) is 2.24. The van der Waals surface area contributed by atoms with Crippen molar-refractivity contribution < 1.29 is 14.7 Å². The minimum atomic E-state index is -0.941. The first kappa shape index (κ1) is 14.0. The first-order valence-corrected chi connectivity index (χ1v) is 6.35. The van der Waals surface area contributed by atoms with Crippen LogP contribution >= 0.6 is 0 Å². The third-order valence-corrected chi connectivity index (χ3v) is 3.32. The third-order valence-electron chi connectivity index (χ3n) is 3.32. The highest BCUT2D eigenvalue weighted by atomic mass is 16.4. The monoisotopic (exact) mass is 241 g/mol. The molecule has 0 spiro atoms. The van der Waals surface area contributed by atoms with E-state index in [-0.39, 0.29) is 18.4 Å². The number of rotatable bonds is 3. The molecule has 0 saturated heterocycles. The summed E-state index contributed by atoms with van der Waals surface area (Å²) in [4.78, 5) is 24.7. The summed E-state index contributed by atoms with van der Waals surface area (Å²) in [6, 6.07) is 0. The molecule has 0 aromatic carbocycles. The van der Waals surface area contributed by atoms with Crippen LogP contribution in [-0.4, -0.2) is 34.0 Å². The number of nitrogens with zero attached hydrogens (tertiary/aromatic N) is 1. The lowest BCUT2D eigenvalue weighted by molar-refractivity contribution is -0.151. The maximum atomic E-state index is 12.3. The molecule has 98 valence electrons. The molecule has 1 aliphatic rings. The Bertz CT molecular complexity index is 288. The summed E-state index contributed by atoms with van der Waals surface area (Å²) in [7, 11) is 0. The SMILES string of the molecule is CC(C)(C)N(CC(=O)O)C(=O)C1CCCCC1. The van der Waals surface area contributed by atoms with Gasteiger partial charge >= 0.3 is 5.97 Å². The van der Waals surface area contributed by atoms with Crippen LogP contribution in [0.15, 0.2) is 0 Å². The second kappa shape index (κ2) is 5.52. The van der Waals surface area contributed by atoms with Crippen molar-refractivity contribution in [1.29, 1.82) is 0 Å². The van der Waals surface area contributed by atoms with Gasteiger partial charge in [0.1, 0.15) is 6.54 Å². The molecule has 0 bridgehead atoms. The van der Waals surface area contributed by atoms with Crippen LogP contribution in [0.3, 0.4) is 0 Å². The Labute approximate surface area is 103 Å². The molecule has 4 nitrogen and oxygen atoms in total. The molecule has 1 aliphatic carbocycles. The van der Waals surface area contributed by atoms with Crippen molar-refractivity contribution in [2.75, 3.05) is 6.54 Å². The predicted octanol–water partition coefficient (Wildman–Crippen LogP) is 2.28. The largest absolute Gasteiger partial charge is 0.480 e. The van der Waals surface area contributed by atoms with Gasteiger partial charge in [-0.15, -0.1) is 0 Å². The van der Waals surface area contributed by atoms with Crippen molar-refractivity contribution in [2.24, 2.45) is 5.92 Å². The van der Waals surface area contributed by atoms with Gasteiger partial charge in [-0.1, -0.05) is 19.3 Å². The number of hydrogen-bond acceptors (Lipinski definition) is 2. The minimum absolute atomic E-state index is 0.0135. The summed E-state index contributed by atoms with van der Waals surface area (Å²) in [5.74, 6) is -0.897. The van der Waals surface area contributed by atoms with Crippen molar-refractivity contribution in [1.82, 2.24) is 4.90 Å². The number of carboxylic acid groups (broad SMARTS) is 1. The molecule has 1 rings (SSSR count). The van der Waals surface area contributed by atoms with Gasteiger partial charge in [-0.25, -0.2) is 0 Å². The maximum absolute atomic E-state index is 12.3. The van der Waals surface area contributed by atoms with Gasteiger partial charge in [-0.2, -0.15) is 0 Å². The van der Waals surface area contributed by atoms with Crippen molar-refractivity contribution in [3.05, 3.63) is 0 Å². The number of hydrogen-bond donors (Lipinski definition) is 1. The van der Waals surface area contributed by atoms with Gasteiger partial charge in [0.25, 0.3) is 0 Å². The molecule has 0 aromatic rings. The van der Waals surface area contributed by atoms with Crippen molar-refractivity contribution in [3.8, 4) is 0 Å². The third kappa shape index (κ3) is 4.02. The van der Waals surface area contributed by atoms with Gasteiger partial charge in [0.15, 0.2) is 0 Å². The normalized spacial score (nSPS) is 17.8. The summed E-state index contributed by atoms with van der Waals surface area (Å²) in [6.07, 6.45) is 5.18. The van der Waals surface area contributed by atoms with Gasteiger partial charge < -0.3 is 10.0 Å². The van der Waals surface area contributed by atoms with Gasteiger partial charge in [0.2, 0.25) is 5.91 Å².